The Kier molecular flexibility index (Phi) is 4.73. The van der Waals surface area contributed by atoms with Crippen LogP contribution in [0.15, 0.2) is 30.3 Å². The molecule has 3 nitrogen and oxygen atoms in total. The van der Waals surface area contributed by atoms with Gasteiger partial charge in [-0.2, -0.15) is 0 Å². The second-order valence-corrected chi connectivity index (χ2v) is 3.58. The van der Waals surface area contributed by atoms with Crippen molar-refractivity contribution in [2.45, 2.75) is 26.5 Å². The Hall–Kier alpha value is -1.61. The van der Waals surface area contributed by atoms with Gasteiger partial charge < -0.3 is 10.4 Å². The number of benzene rings is 1. The first kappa shape index (κ1) is 12.5. The van der Waals surface area contributed by atoms with Gasteiger partial charge in [0.25, 0.3) is 5.91 Å². The molecule has 16 heavy (non-hydrogen) atoms. The second kappa shape index (κ2) is 6.08. The van der Waals surface area contributed by atoms with Gasteiger partial charge >= 0.3 is 0 Å². The normalized spacial score (nSPS) is 12.7. The average Bonchev–Trinajstić information content (AvgIpc) is 2.26. The highest BCUT2D eigenvalue weighted by molar-refractivity contribution is 5.94. The molecule has 0 spiro atoms. The van der Waals surface area contributed by atoms with Crippen LogP contribution in [0.1, 0.15) is 36.2 Å². The van der Waals surface area contributed by atoms with E-state index in [1.54, 1.807) is 12.1 Å². The Balaban J connectivity index is 2.71. The van der Waals surface area contributed by atoms with Gasteiger partial charge in [0, 0.05) is 5.56 Å². The fraction of sp³-hybridized carbons (Fsp3) is 0.308. The highest BCUT2D eigenvalue weighted by Gasteiger charge is 2.06. The van der Waals surface area contributed by atoms with Crippen LogP contribution in [0.25, 0.3) is 6.08 Å². The van der Waals surface area contributed by atoms with Gasteiger partial charge in [0.15, 0.2) is 0 Å². The molecule has 0 aliphatic carbocycles. The van der Waals surface area contributed by atoms with Gasteiger partial charge in [-0.15, -0.1) is 0 Å². The lowest BCUT2D eigenvalue weighted by Gasteiger charge is -2.07. The lowest BCUT2D eigenvalue weighted by Crippen LogP contribution is -2.31. The van der Waals surface area contributed by atoms with Crippen molar-refractivity contribution in [2.75, 3.05) is 0 Å². The number of carbonyl (C=O) groups excluding carboxylic acids is 1. The number of allylic oxidation sites excluding steroid dienone is 1. The second-order valence-electron chi connectivity index (χ2n) is 3.58. The first-order valence-corrected chi connectivity index (χ1v) is 5.39. The lowest BCUT2D eigenvalue weighted by molar-refractivity contribution is 0.0819. The SMILES string of the molecule is CC/C=C/c1ccc(C(=O)NC(C)O)cc1. The summed E-state index contributed by atoms with van der Waals surface area (Å²) in [6.45, 7) is 3.58. The minimum Gasteiger partial charge on any atom is -0.374 e. The summed E-state index contributed by atoms with van der Waals surface area (Å²) in [5.74, 6) is -0.263. The Morgan fingerprint density at radius 2 is 2.06 bits per heavy atom. The fourth-order valence-corrected chi connectivity index (χ4v) is 1.27. The van der Waals surface area contributed by atoms with Crippen LogP contribution < -0.4 is 5.32 Å². The first-order valence-electron chi connectivity index (χ1n) is 5.39. The summed E-state index contributed by atoms with van der Waals surface area (Å²) in [5.41, 5.74) is 1.62. The lowest BCUT2D eigenvalue weighted by atomic mass is 10.1. The molecule has 0 saturated carbocycles. The van der Waals surface area contributed by atoms with E-state index in [0.29, 0.717) is 5.56 Å². The molecule has 0 bridgehead atoms. The van der Waals surface area contributed by atoms with Crippen LogP contribution >= 0.6 is 0 Å². The van der Waals surface area contributed by atoms with Gasteiger partial charge in [0.2, 0.25) is 0 Å². The molecular weight excluding hydrogens is 202 g/mol. The number of amides is 1. The number of hydrogen-bond acceptors (Lipinski definition) is 2. The predicted molar refractivity (Wildman–Crippen MR) is 64.9 cm³/mol. The molecule has 0 aliphatic heterocycles. The Bertz CT molecular complexity index is 366. The molecule has 1 aromatic rings. The predicted octanol–water partition coefficient (Wildman–Crippen LogP) is 2.18. The standard InChI is InChI=1S/C13H17NO2/c1-3-4-5-11-6-8-12(9-7-11)13(16)14-10(2)15/h4-10,15H,3H2,1-2H3,(H,14,16)/b5-4+. The third-order valence-electron chi connectivity index (χ3n) is 2.06. The molecular formula is C13H17NO2. The average molecular weight is 219 g/mol. The number of rotatable bonds is 4. The van der Waals surface area contributed by atoms with E-state index in [-0.39, 0.29) is 5.91 Å². The number of aliphatic hydroxyl groups is 1. The van der Waals surface area contributed by atoms with Crippen molar-refractivity contribution >= 4 is 12.0 Å². The molecule has 1 rings (SSSR count). The van der Waals surface area contributed by atoms with Crippen molar-refractivity contribution in [2.24, 2.45) is 0 Å². The summed E-state index contributed by atoms with van der Waals surface area (Å²) in [6, 6.07) is 7.24. The zero-order valence-electron chi connectivity index (χ0n) is 9.60. The zero-order chi connectivity index (χ0) is 12.0. The van der Waals surface area contributed by atoms with E-state index >= 15 is 0 Å². The van der Waals surface area contributed by atoms with Crippen LogP contribution in [0.3, 0.4) is 0 Å². The molecule has 1 amide bonds. The summed E-state index contributed by atoms with van der Waals surface area (Å²) < 4.78 is 0. The van der Waals surface area contributed by atoms with Crippen LogP contribution in [0.4, 0.5) is 0 Å². The molecule has 2 N–H and O–H groups in total. The summed E-state index contributed by atoms with van der Waals surface area (Å²) in [5, 5.41) is 11.4. The fourth-order valence-electron chi connectivity index (χ4n) is 1.27. The smallest absolute Gasteiger partial charge is 0.253 e. The minimum atomic E-state index is -0.827. The number of carbonyl (C=O) groups is 1. The van der Waals surface area contributed by atoms with Crippen molar-refractivity contribution in [1.29, 1.82) is 0 Å². The maximum atomic E-state index is 11.5. The van der Waals surface area contributed by atoms with Crippen molar-refractivity contribution in [3.63, 3.8) is 0 Å². The molecule has 1 aromatic carbocycles. The quantitative estimate of drug-likeness (QED) is 0.762. The van der Waals surface area contributed by atoms with E-state index in [9.17, 15) is 4.79 Å². The highest BCUT2D eigenvalue weighted by Crippen LogP contribution is 2.06. The van der Waals surface area contributed by atoms with E-state index in [2.05, 4.69) is 18.3 Å². The van der Waals surface area contributed by atoms with E-state index in [0.717, 1.165) is 12.0 Å². The van der Waals surface area contributed by atoms with Gasteiger partial charge in [-0.05, 0) is 31.0 Å². The number of aliphatic hydroxyl groups excluding tert-OH is 1. The van der Waals surface area contributed by atoms with Crippen molar-refractivity contribution in [3.8, 4) is 0 Å². The maximum Gasteiger partial charge on any atom is 0.253 e. The van der Waals surface area contributed by atoms with Crippen molar-refractivity contribution < 1.29 is 9.90 Å². The van der Waals surface area contributed by atoms with Gasteiger partial charge in [-0.3, -0.25) is 4.79 Å². The Labute approximate surface area is 95.8 Å². The number of nitrogens with one attached hydrogen (secondary N) is 1. The largest absolute Gasteiger partial charge is 0.374 e. The Morgan fingerprint density at radius 3 is 2.56 bits per heavy atom. The number of hydrogen-bond donors (Lipinski definition) is 2. The molecule has 0 aromatic heterocycles. The van der Waals surface area contributed by atoms with E-state index in [1.165, 1.54) is 6.92 Å². The van der Waals surface area contributed by atoms with Crippen LogP contribution in [0, 0.1) is 0 Å². The van der Waals surface area contributed by atoms with Gasteiger partial charge in [-0.1, -0.05) is 31.2 Å². The maximum absolute atomic E-state index is 11.5. The summed E-state index contributed by atoms with van der Waals surface area (Å²) in [4.78, 5) is 11.5. The topological polar surface area (TPSA) is 49.3 Å². The van der Waals surface area contributed by atoms with Gasteiger partial charge in [0.1, 0.15) is 6.23 Å². The molecule has 3 heteroatoms. The molecule has 0 saturated heterocycles. The zero-order valence-corrected chi connectivity index (χ0v) is 9.60. The molecule has 0 heterocycles. The van der Waals surface area contributed by atoms with Crippen LogP contribution in [-0.4, -0.2) is 17.2 Å². The summed E-state index contributed by atoms with van der Waals surface area (Å²) in [6.07, 6.45) is 4.23. The Morgan fingerprint density at radius 1 is 1.44 bits per heavy atom. The van der Waals surface area contributed by atoms with Crippen LogP contribution in [0.2, 0.25) is 0 Å². The van der Waals surface area contributed by atoms with Gasteiger partial charge in [0.05, 0.1) is 0 Å². The molecule has 1 atom stereocenters. The molecule has 1 unspecified atom stereocenters. The van der Waals surface area contributed by atoms with Crippen molar-refractivity contribution in [3.05, 3.63) is 41.5 Å². The summed E-state index contributed by atoms with van der Waals surface area (Å²) in [7, 11) is 0. The van der Waals surface area contributed by atoms with Crippen LogP contribution in [0.5, 0.6) is 0 Å². The minimum absolute atomic E-state index is 0.263. The molecule has 0 radical (unpaired) electrons. The van der Waals surface area contributed by atoms with Crippen molar-refractivity contribution in [1.82, 2.24) is 5.32 Å². The van der Waals surface area contributed by atoms with E-state index in [1.807, 2.05) is 18.2 Å². The molecule has 0 fully saturated rings. The third kappa shape index (κ3) is 3.87. The summed E-state index contributed by atoms with van der Waals surface area (Å²) >= 11 is 0. The van der Waals surface area contributed by atoms with Gasteiger partial charge in [-0.25, -0.2) is 0 Å². The monoisotopic (exact) mass is 219 g/mol. The van der Waals surface area contributed by atoms with Crippen LogP contribution in [-0.2, 0) is 0 Å². The molecule has 86 valence electrons. The molecule has 0 aliphatic rings. The highest BCUT2D eigenvalue weighted by atomic mass is 16.3. The van der Waals surface area contributed by atoms with E-state index in [4.69, 9.17) is 5.11 Å². The first-order chi connectivity index (χ1) is 7.63. The third-order valence-corrected chi connectivity index (χ3v) is 2.06. The van der Waals surface area contributed by atoms with E-state index < -0.39 is 6.23 Å².